The number of hydrogen-bond donors (Lipinski definition) is 2. The van der Waals surface area contributed by atoms with Crippen LogP contribution in [-0.4, -0.2) is 32.2 Å². The summed E-state index contributed by atoms with van der Waals surface area (Å²) in [6.45, 7) is 2.69. The van der Waals surface area contributed by atoms with Crippen LogP contribution in [0.3, 0.4) is 0 Å². The molecule has 1 aliphatic rings. The first-order valence-electron chi connectivity index (χ1n) is 7.08. The third-order valence-electron chi connectivity index (χ3n) is 3.78. The average Bonchev–Trinajstić information content (AvgIpc) is 3.00. The summed E-state index contributed by atoms with van der Waals surface area (Å²) >= 11 is 0. The number of H-pyrrole nitrogens is 1. The molecule has 7 nitrogen and oxygen atoms in total. The number of rotatable bonds is 1. The Labute approximate surface area is 126 Å². The van der Waals surface area contributed by atoms with Gasteiger partial charge in [-0.1, -0.05) is 0 Å². The SMILES string of the molecule is CC1CNc2nc(-c3cn(C)c(=O)c4[nH]ccc34)ncc2O1. The molecule has 0 spiro atoms. The molecule has 112 valence electrons. The Balaban J connectivity index is 1.91. The predicted molar refractivity (Wildman–Crippen MR) is 83.1 cm³/mol. The van der Waals surface area contributed by atoms with Crippen LogP contribution in [0.2, 0.25) is 0 Å². The fraction of sp³-hybridized carbons (Fsp3) is 0.267. The highest BCUT2D eigenvalue weighted by Crippen LogP contribution is 2.30. The van der Waals surface area contributed by atoms with E-state index in [0.29, 0.717) is 29.5 Å². The lowest BCUT2D eigenvalue weighted by atomic mass is 10.1. The van der Waals surface area contributed by atoms with E-state index in [2.05, 4.69) is 20.3 Å². The van der Waals surface area contributed by atoms with Gasteiger partial charge in [0.1, 0.15) is 11.6 Å². The number of aromatic amines is 1. The number of ether oxygens (including phenoxy) is 1. The van der Waals surface area contributed by atoms with Gasteiger partial charge in [0.2, 0.25) is 0 Å². The molecule has 0 radical (unpaired) electrons. The number of nitrogens with zero attached hydrogens (tertiary/aromatic N) is 3. The maximum Gasteiger partial charge on any atom is 0.274 e. The summed E-state index contributed by atoms with van der Waals surface area (Å²) < 4.78 is 7.22. The molecule has 1 atom stereocenters. The molecular weight excluding hydrogens is 282 g/mol. The maximum atomic E-state index is 12.1. The second-order valence-corrected chi connectivity index (χ2v) is 5.44. The van der Waals surface area contributed by atoms with Gasteiger partial charge in [0.25, 0.3) is 5.56 Å². The molecule has 4 rings (SSSR count). The van der Waals surface area contributed by atoms with Gasteiger partial charge in [-0.25, -0.2) is 9.97 Å². The number of anilines is 1. The zero-order chi connectivity index (χ0) is 15.3. The molecule has 7 heteroatoms. The van der Waals surface area contributed by atoms with Crippen LogP contribution in [0.5, 0.6) is 5.75 Å². The van der Waals surface area contributed by atoms with Crippen molar-refractivity contribution in [3.8, 4) is 17.1 Å². The molecule has 0 amide bonds. The maximum absolute atomic E-state index is 12.1. The van der Waals surface area contributed by atoms with Crippen molar-refractivity contribution in [2.45, 2.75) is 13.0 Å². The molecule has 0 saturated heterocycles. The van der Waals surface area contributed by atoms with Gasteiger partial charge in [0.05, 0.1) is 12.7 Å². The first-order chi connectivity index (χ1) is 10.6. The number of hydrogen-bond acceptors (Lipinski definition) is 5. The molecule has 0 aromatic carbocycles. The molecule has 0 fully saturated rings. The zero-order valence-corrected chi connectivity index (χ0v) is 12.3. The molecule has 0 aliphatic carbocycles. The van der Waals surface area contributed by atoms with Crippen molar-refractivity contribution in [1.29, 1.82) is 0 Å². The van der Waals surface area contributed by atoms with Crippen molar-refractivity contribution < 1.29 is 4.74 Å². The highest BCUT2D eigenvalue weighted by atomic mass is 16.5. The van der Waals surface area contributed by atoms with Crippen molar-refractivity contribution >= 4 is 16.7 Å². The van der Waals surface area contributed by atoms with Crippen molar-refractivity contribution in [2.24, 2.45) is 7.05 Å². The number of aromatic nitrogens is 4. The third kappa shape index (κ3) is 1.86. The Morgan fingerprint density at radius 1 is 1.45 bits per heavy atom. The summed E-state index contributed by atoms with van der Waals surface area (Å²) in [6, 6.07) is 1.86. The third-order valence-corrected chi connectivity index (χ3v) is 3.78. The molecule has 0 saturated carbocycles. The van der Waals surface area contributed by atoms with E-state index in [0.717, 1.165) is 10.9 Å². The molecule has 1 unspecified atom stereocenters. The van der Waals surface area contributed by atoms with E-state index < -0.39 is 0 Å². The molecule has 0 bridgehead atoms. The van der Waals surface area contributed by atoms with Crippen LogP contribution >= 0.6 is 0 Å². The summed E-state index contributed by atoms with van der Waals surface area (Å²) in [5.41, 5.74) is 1.29. The van der Waals surface area contributed by atoms with Gasteiger partial charge in [-0.2, -0.15) is 0 Å². The van der Waals surface area contributed by atoms with Crippen LogP contribution in [0.4, 0.5) is 5.82 Å². The van der Waals surface area contributed by atoms with E-state index >= 15 is 0 Å². The van der Waals surface area contributed by atoms with Crippen molar-refractivity contribution in [3.63, 3.8) is 0 Å². The Morgan fingerprint density at radius 3 is 3.18 bits per heavy atom. The highest BCUT2D eigenvalue weighted by molar-refractivity contribution is 5.92. The summed E-state index contributed by atoms with van der Waals surface area (Å²) in [6.07, 6.45) is 5.27. The summed E-state index contributed by atoms with van der Waals surface area (Å²) in [4.78, 5) is 24.0. The first kappa shape index (κ1) is 12.9. The molecule has 3 aromatic heterocycles. The lowest BCUT2D eigenvalue weighted by molar-refractivity contribution is 0.223. The standard InChI is InChI=1S/C15H15N5O2/c1-8-5-17-14-11(22-8)6-18-13(19-14)10-7-20(2)15(21)12-9(10)3-4-16-12/h3-4,6-8,16H,5H2,1-2H3,(H,17,18,19). The predicted octanol–water partition coefficient (Wildman–Crippen LogP) is 1.52. The fourth-order valence-electron chi connectivity index (χ4n) is 2.66. The largest absolute Gasteiger partial charge is 0.483 e. The molecule has 2 N–H and O–H groups in total. The molecule has 4 heterocycles. The Kier molecular flexibility index (Phi) is 2.69. The molecule has 22 heavy (non-hydrogen) atoms. The van der Waals surface area contributed by atoms with E-state index in [1.165, 1.54) is 4.57 Å². The lowest BCUT2D eigenvalue weighted by Crippen LogP contribution is -2.28. The van der Waals surface area contributed by atoms with Crippen LogP contribution in [0.15, 0.2) is 29.5 Å². The van der Waals surface area contributed by atoms with E-state index in [9.17, 15) is 4.79 Å². The van der Waals surface area contributed by atoms with Gasteiger partial charge in [-0.05, 0) is 13.0 Å². The van der Waals surface area contributed by atoms with Crippen molar-refractivity contribution in [3.05, 3.63) is 35.0 Å². The van der Waals surface area contributed by atoms with Crippen LogP contribution in [0.25, 0.3) is 22.3 Å². The van der Waals surface area contributed by atoms with E-state index in [1.54, 1.807) is 25.6 Å². The number of nitrogens with one attached hydrogen (secondary N) is 2. The van der Waals surface area contributed by atoms with Gasteiger partial charge in [-0.3, -0.25) is 4.79 Å². The van der Waals surface area contributed by atoms with Crippen LogP contribution < -0.4 is 15.6 Å². The zero-order valence-electron chi connectivity index (χ0n) is 12.3. The highest BCUT2D eigenvalue weighted by Gasteiger charge is 2.19. The smallest absolute Gasteiger partial charge is 0.274 e. The Morgan fingerprint density at radius 2 is 2.32 bits per heavy atom. The second kappa shape index (κ2) is 4.59. The monoisotopic (exact) mass is 297 g/mol. The first-order valence-corrected chi connectivity index (χ1v) is 7.08. The van der Waals surface area contributed by atoms with Crippen LogP contribution in [-0.2, 0) is 7.05 Å². The van der Waals surface area contributed by atoms with E-state index in [-0.39, 0.29) is 11.7 Å². The summed E-state index contributed by atoms with van der Waals surface area (Å²) in [5.74, 6) is 1.89. The topological polar surface area (TPSA) is 84.8 Å². The second-order valence-electron chi connectivity index (χ2n) is 5.44. The minimum absolute atomic E-state index is 0.0722. The van der Waals surface area contributed by atoms with Gasteiger partial charge >= 0.3 is 0 Å². The lowest BCUT2D eigenvalue weighted by Gasteiger charge is -2.23. The van der Waals surface area contributed by atoms with Gasteiger partial charge in [0, 0.05) is 30.4 Å². The Hall–Kier alpha value is -2.83. The van der Waals surface area contributed by atoms with E-state index in [4.69, 9.17) is 4.74 Å². The van der Waals surface area contributed by atoms with Gasteiger partial charge < -0.3 is 19.6 Å². The Bertz CT molecular complexity index is 927. The normalized spacial score (nSPS) is 16.9. The van der Waals surface area contributed by atoms with Crippen molar-refractivity contribution in [1.82, 2.24) is 19.5 Å². The molecular formula is C15H15N5O2. The number of fused-ring (bicyclic) bond motifs is 2. The summed E-state index contributed by atoms with van der Waals surface area (Å²) in [5, 5.41) is 4.05. The quantitative estimate of drug-likeness (QED) is 0.711. The average molecular weight is 297 g/mol. The minimum atomic E-state index is -0.0722. The van der Waals surface area contributed by atoms with Crippen molar-refractivity contribution in [2.75, 3.05) is 11.9 Å². The fourth-order valence-corrected chi connectivity index (χ4v) is 2.66. The number of pyridine rings is 1. The van der Waals surface area contributed by atoms with Crippen LogP contribution in [0, 0.1) is 0 Å². The minimum Gasteiger partial charge on any atom is -0.483 e. The number of aryl methyl sites for hydroxylation is 1. The summed E-state index contributed by atoms with van der Waals surface area (Å²) in [7, 11) is 1.72. The molecule has 1 aliphatic heterocycles. The molecule has 3 aromatic rings. The van der Waals surface area contributed by atoms with E-state index in [1.807, 2.05) is 13.0 Å². The van der Waals surface area contributed by atoms with Gasteiger partial charge in [-0.15, -0.1) is 0 Å². The van der Waals surface area contributed by atoms with Crippen LogP contribution in [0.1, 0.15) is 6.92 Å². The van der Waals surface area contributed by atoms with Gasteiger partial charge in [0.15, 0.2) is 17.4 Å².